The van der Waals surface area contributed by atoms with Crippen molar-refractivity contribution in [3.05, 3.63) is 52.9 Å². The zero-order valence-corrected chi connectivity index (χ0v) is 17.5. The van der Waals surface area contributed by atoms with Gasteiger partial charge in [-0.15, -0.1) is 0 Å². The number of benzene rings is 1. The summed E-state index contributed by atoms with van der Waals surface area (Å²) in [5.74, 6) is 1.61. The maximum Gasteiger partial charge on any atom is 0.192 e. The summed E-state index contributed by atoms with van der Waals surface area (Å²) in [5.41, 5.74) is 3.82. The lowest BCUT2D eigenvalue weighted by Crippen LogP contribution is -2.39. The smallest absolute Gasteiger partial charge is 0.192 e. The van der Waals surface area contributed by atoms with Gasteiger partial charge in [0, 0.05) is 60.6 Å². The van der Waals surface area contributed by atoms with E-state index in [9.17, 15) is 4.39 Å². The number of halogens is 1. The molecular weight excluding hydrogens is 369 g/mol. The second-order valence-corrected chi connectivity index (χ2v) is 8.15. The van der Waals surface area contributed by atoms with Gasteiger partial charge >= 0.3 is 0 Å². The van der Waals surface area contributed by atoms with E-state index in [0.717, 1.165) is 43.1 Å². The molecule has 1 saturated heterocycles. The van der Waals surface area contributed by atoms with Crippen LogP contribution in [0.5, 0.6) is 5.75 Å². The first-order chi connectivity index (χ1) is 13.9. The quantitative estimate of drug-likeness (QED) is 0.597. The molecule has 1 aliphatic rings. The van der Waals surface area contributed by atoms with Crippen molar-refractivity contribution in [2.45, 2.75) is 46.6 Å². The molecule has 4 rings (SSSR count). The fraction of sp³-hybridized carbons (Fsp3) is 0.478. The molecule has 1 aromatic carbocycles. The van der Waals surface area contributed by atoms with Crippen LogP contribution in [0, 0.1) is 32.5 Å². The molecule has 0 amide bonds. The Morgan fingerprint density at radius 1 is 1.17 bits per heavy atom. The largest absolute Gasteiger partial charge is 0.493 e. The molecule has 6 heteroatoms. The first-order valence-electron chi connectivity index (χ1n) is 10.3. The molecule has 0 radical (unpaired) electrons. The van der Waals surface area contributed by atoms with E-state index in [1.807, 2.05) is 32.0 Å². The molecule has 29 heavy (non-hydrogen) atoms. The van der Waals surface area contributed by atoms with Crippen LogP contribution in [-0.4, -0.2) is 34.6 Å². The van der Waals surface area contributed by atoms with Crippen LogP contribution in [0.3, 0.4) is 0 Å². The Kier molecular flexibility index (Phi) is 5.54. The SMILES string of the molecule is Cc1cc(OC[C@H]2CCCN(C(C)c3cc4nc(C)oc4cc3F)C2)cc(C)n1. The Morgan fingerprint density at radius 3 is 2.69 bits per heavy atom. The summed E-state index contributed by atoms with van der Waals surface area (Å²) in [6.45, 7) is 10.3. The fourth-order valence-electron chi connectivity index (χ4n) is 4.28. The van der Waals surface area contributed by atoms with Crippen LogP contribution in [0.4, 0.5) is 4.39 Å². The summed E-state index contributed by atoms with van der Waals surface area (Å²) in [6.07, 6.45) is 2.20. The van der Waals surface area contributed by atoms with E-state index >= 15 is 0 Å². The van der Waals surface area contributed by atoms with Gasteiger partial charge in [0.25, 0.3) is 0 Å². The summed E-state index contributed by atoms with van der Waals surface area (Å²) in [6, 6.07) is 7.21. The molecule has 0 aliphatic carbocycles. The maximum absolute atomic E-state index is 14.7. The highest BCUT2D eigenvalue weighted by Crippen LogP contribution is 2.31. The van der Waals surface area contributed by atoms with Crippen LogP contribution >= 0.6 is 0 Å². The van der Waals surface area contributed by atoms with Crippen molar-refractivity contribution in [1.29, 1.82) is 0 Å². The molecule has 3 heterocycles. The van der Waals surface area contributed by atoms with Crippen molar-refractivity contribution >= 4 is 11.1 Å². The van der Waals surface area contributed by atoms with Crippen molar-refractivity contribution in [3.63, 3.8) is 0 Å². The molecule has 0 bridgehead atoms. The maximum atomic E-state index is 14.7. The molecular formula is C23H28FN3O2. The van der Waals surface area contributed by atoms with Crippen LogP contribution in [0.2, 0.25) is 0 Å². The summed E-state index contributed by atoms with van der Waals surface area (Å²) < 4.78 is 26.2. The summed E-state index contributed by atoms with van der Waals surface area (Å²) in [5, 5.41) is 0. The lowest BCUT2D eigenvalue weighted by Gasteiger charge is -2.37. The number of pyridine rings is 1. The van der Waals surface area contributed by atoms with Crippen molar-refractivity contribution < 1.29 is 13.5 Å². The fourth-order valence-corrected chi connectivity index (χ4v) is 4.28. The second-order valence-electron chi connectivity index (χ2n) is 8.15. The van der Waals surface area contributed by atoms with Crippen molar-refractivity contribution in [2.24, 2.45) is 5.92 Å². The second kappa shape index (κ2) is 8.11. The van der Waals surface area contributed by atoms with Crippen molar-refractivity contribution in [1.82, 2.24) is 14.9 Å². The highest BCUT2D eigenvalue weighted by Gasteiger charge is 2.27. The number of likely N-dealkylation sites (tertiary alicyclic amines) is 1. The van der Waals surface area contributed by atoms with E-state index in [1.165, 1.54) is 6.07 Å². The number of ether oxygens (including phenoxy) is 1. The van der Waals surface area contributed by atoms with Gasteiger partial charge in [-0.3, -0.25) is 9.88 Å². The summed E-state index contributed by atoms with van der Waals surface area (Å²) in [7, 11) is 0. The minimum absolute atomic E-state index is 0.0235. The van der Waals surface area contributed by atoms with Crippen LogP contribution in [0.15, 0.2) is 28.7 Å². The van der Waals surface area contributed by atoms with Crippen LogP contribution in [0.1, 0.15) is 48.6 Å². The predicted molar refractivity (Wildman–Crippen MR) is 111 cm³/mol. The Labute approximate surface area is 170 Å². The molecule has 1 aliphatic heterocycles. The highest BCUT2D eigenvalue weighted by molar-refractivity contribution is 5.73. The molecule has 1 unspecified atom stereocenters. The molecule has 2 atom stereocenters. The molecule has 5 nitrogen and oxygen atoms in total. The summed E-state index contributed by atoms with van der Waals surface area (Å²) >= 11 is 0. The average molecular weight is 397 g/mol. The third-order valence-corrected chi connectivity index (χ3v) is 5.70. The van der Waals surface area contributed by atoms with E-state index in [0.29, 0.717) is 35.1 Å². The summed E-state index contributed by atoms with van der Waals surface area (Å²) in [4.78, 5) is 11.1. The minimum Gasteiger partial charge on any atom is -0.493 e. The lowest BCUT2D eigenvalue weighted by atomic mass is 9.95. The third-order valence-electron chi connectivity index (χ3n) is 5.70. The molecule has 0 saturated carbocycles. The van der Waals surface area contributed by atoms with E-state index in [2.05, 4.69) is 21.8 Å². The first-order valence-corrected chi connectivity index (χ1v) is 10.3. The normalized spacial score (nSPS) is 18.9. The zero-order valence-electron chi connectivity index (χ0n) is 17.5. The topological polar surface area (TPSA) is 51.4 Å². The number of rotatable bonds is 5. The highest BCUT2D eigenvalue weighted by atomic mass is 19.1. The Balaban J connectivity index is 1.44. The van der Waals surface area contributed by atoms with Crippen molar-refractivity contribution in [3.8, 4) is 5.75 Å². The first kappa shape index (κ1) is 19.8. The van der Waals surface area contributed by atoms with Gasteiger partial charge in [0.15, 0.2) is 11.5 Å². The van der Waals surface area contributed by atoms with Gasteiger partial charge < -0.3 is 9.15 Å². The lowest BCUT2D eigenvalue weighted by molar-refractivity contribution is 0.0994. The van der Waals surface area contributed by atoms with Gasteiger partial charge in [-0.1, -0.05) is 0 Å². The van der Waals surface area contributed by atoms with Gasteiger partial charge in [-0.25, -0.2) is 9.37 Å². The minimum atomic E-state index is -0.234. The number of hydrogen-bond donors (Lipinski definition) is 0. The third kappa shape index (κ3) is 4.42. The monoisotopic (exact) mass is 397 g/mol. The number of nitrogens with zero attached hydrogens (tertiary/aromatic N) is 3. The number of oxazole rings is 1. The predicted octanol–water partition coefficient (Wildman–Crippen LogP) is 5.14. The number of aryl methyl sites for hydroxylation is 3. The molecule has 0 N–H and O–H groups in total. The van der Waals surface area contributed by atoms with Gasteiger partial charge in [-0.05, 0) is 46.2 Å². The van der Waals surface area contributed by atoms with E-state index < -0.39 is 0 Å². The average Bonchev–Trinajstić information content (AvgIpc) is 3.03. The van der Waals surface area contributed by atoms with Crippen molar-refractivity contribution in [2.75, 3.05) is 19.7 Å². The number of fused-ring (bicyclic) bond motifs is 1. The van der Waals surface area contributed by atoms with E-state index in [-0.39, 0.29) is 11.9 Å². The number of hydrogen-bond acceptors (Lipinski definition) is 5. The van der Waals surface area contributed by atoms with Gasteiger partial charge in [0.05, 0.1) is 6.61 Å². The van der Waals surface area contributed by atoms with Crippen LogP contribution in [0.25, 0.3) is 11.1 Å². The standard InChI is InChI=1S/C23H28FN3O2/c1-14-8-19(9-15(2)25-14)28-13-18-6-5-7-27(12-18)16(3)20-10-22-23(11-21(20)24)29-17(4)26-22/h8-11,16,18H,5-7,12-13H2,1-4H3/t16?,18-/m0/s1. The Hall–Kier alpha value is -2.47. The Bertz CT molecular complexity index is 997. The zero-order chi connectivity index (χ0) is 20.5. The molecule has 2 aromatic heterocycles. The molecule has 0 spiro atoms. The van der Waals surface area contributed by atoms with E-state index in [4.69, 9.17) is 9.15 Å². The molecule has 3 aromatic rings. The van der Waals surface area contributed by atoms with Gasteiger partial charge in [0.1, 0.15) is 17.1 Å². The Morgan fingerprint density at radius 2 is 1.93 bits per heavy atom. The van der Waals surface area contributed by atoms with Crippen LogP contribution < -0.4 is 4.74 Å². The van der Waals surface area contributed by atoms with E-state index in [1.54, 1.807) is 6.92 Å². The number of piperidine rings is 1. The number of aromatic nitrogens is 2. The van der Waals surface area contributed by atoms with Crippen LogP contribution in [-0.2, 0) is 0 Å². The van der Waals surface area contributed by atoms with Gasteiger partial charge in [-0.2, -0.15) is 0 Å². The van der Waals surface area contributed by atoms with Gasteiger partial charge in [0.2, 0.25) is 0 Å². The molecule has 154 valence electrons. The molecule has 1 fully saturated rings.